The first-order valence-corrected chi connectivity index (χ1v) is 8.24. The summed E-state index contributed by atoms with van der Waals surface area (Å²) in [7, 11) is 0. The third-order valence-corrected chi connectivity index (χ3v) is 3.90. The van der Waals surface area contributed by atoms with E-state index < -0.39 is 0 Å². The lowest BCUT2D eigenvalue weighted by atomic mass is 10.3. The fourth-order valence-corrected chi connectivity index (χ4v) is 2.48. The Morgan fingerprint density at radius 3 is 2.60 bits per heavy atom. The Morgan fingerprint density at radius 2 is 1.84 bits per heavy atom. The largest absolute Gasteiger partial charge is 0.471 e. The molecule has 3 aromatic rings. The summed E-state index contributed by atoms with van der Waals surface area (Å²) >= 11 is 5.84. The van der Waals surface area contributed by atoms with Gasteiger partial charge in [0.05, 0.1) is 12.2 Å². The Kier molecular flexibility index (Phi) is 5.35. The van der Waals surface area contributed by atoms with E-state index in [0.717, 1.165) is 12.2 Å². The molecule has 0 saturated carbocycles. The van der Waals surface area contributed by atoms with Crippen molar-refractivity contribution in [2.75, 3.05) is 0 Å². The highest BCUT2D eigenvalue weighted by atomic mass is 35.5. The van der Waals surface area contributed by atoms with Gasteiger partial charge in [-0.05, 0) is 43.3 Å². The van der Waals surface area contributed by atoms with Crippen molar-refractivity contribution < 1.29 is 9.53 Å². The number of aromatic nitrogens is 4. The van der Waals surface area contributed by atoms with Crippen molar-refractivity contribution >= 4 is 17.5 Å². The van der Waals surface area contributed by atoms with E-state index in [0.29, 0.717) is 23.0 Å². The molecule has 0 aliphatic heterocycles. The van der Waals surface area contributed by atoms with Gasteiger partial charge in [-0.2, -0.15) is 10.2 Å². The summed E-state index contributed by atoms with van der Waals surface area (Å²) in [4.78, 5) is 12.4. The first-order valence-electron chi connectivity index (χ1n) is 7.86. The van der Waals surface area contributed by atoms with Crippen molar-refractivity contribution in [3.8, 4) is 5.75 Å². The molecule has 0 spiro atoms. The molecule has 2 aromatic heterocycles. The van der Waals surface area contributed by atoms with E-state index in [1.165, 1.54) is 4.68 Å². The predicted octanol–water partition coefficient (Wildman–Crippen LogP) is 2.72. The molecule has 7 nitrogen and oxygen atoms in total. The van der Waals surface area contributed by atoms with Crippen molar-refractivity contribution in [3.05, 3.63) is 65.2 Å². The van der Waals surface area contributed by atoms with Gasteiger partial charge in [-0.25, -0.2) is 4.68 Å². The molecule has 25 heavy (non-hydrogen) atoms. The van der Waals surface area contributed by atoms with Gasteiger partial charge in [-0.3, -0.25) is 9.48 Å². The number of nitrogens with one attached hydrogen (secondary N) is 1. The van der Waals surface area contributed by atoms with Gasteiger partial charge in [0.2, 0.25) is 0 Å². The first-order chi connectivity index (χ1) is 12.2. The lowest BCUT2D eigenvalue weighted by molar-refractivity contribution is 0.0928. The van der Waals surface area contributed by atoms with Gasteiger partial charge in [0, 0.05) is 24.0 Å². The van der Waals surface area contributed by atoms with Crippen molar-refractivity contribution in [1.82, 2.24) is 24.9 Å². The van der Waals surface area contributed by atoms with E-state index in [-0.39, 0.29) is 12.6 Å². The zero-order chi connectivity index (χ0) is 17.6. The lowest BCUT2D eigenvalue weighted by Gasteiger charge is -2.10. The van der Waals surface area contributed by atoms with Crippen molar-refractivity contribution in [2.45, 2.75) is 26.7 Å². The second-order valence-corrected chi connectivity index (χ2v) is 5.70. The van der Waals surface area contributed by atoms with Crippen LogP contribution < -0.4 is 10.1 Å². The molecule has 0 bridgehead atoms. The molecule has 0 saturated heterocycles. The van der Waals surface area contributed by atoms with E-state index >= 15 is 0 Å². The van der Waals surface area contributed by atoms with Gasteiger partial charge in [-0.1, -0.05) is 11.6 Å². The average molecular weight is 360 g/mol. The summed E-state index contributed by atoms with van der Waals surface area (Å²) in [6, 6.07) is 10.5. The van der Waals surface area contributed by atoms with Gasteiger partial charge in [0.15, 0.2) is 6.73 Å². The quantitative estimate of drug-likeness (QED) is 0.704. The molecule has 1 N–H and O–H groups in total. The Morgan fingerprint density at radius 1 is 1.12 bits per heavy atom. The van der Waals surface area contributed by atoms with E-state index in [9.17, 15) is 4.79 Å². The standard InChI is InChI=1S/C17H18ClN5O2/c1-2-22-14(7-9-20-22)11-19-17(24)16-8-10-21-23(16)12-25-15-5-3-13(18)4-6-15/h3-10H,2,11-12H2,1H3,(H,19,24). The Balaban J connectivity index is 1.60. The maximum Gasteiger partial charge on any atom is 0.270 e. The van der Waals surface area contributed by atoms with Crippen LogP contribution in [-0.2, 0) is 19.8 Å². The molecule has 0 unspecified atom stereocenters. The lowest BCUT2D eigenvalue weighted by Crippen LogP contribution is -2.27. The third-order valence-electron chi connectivity index (χ3n) is 3.65. The first kappa shape index (κ1) is 17.0. The maximum atomic E-state index is 12.4. The molecule has 0 atom stereocenters. The van der Waals surface area contributed by atoms with Crippen LogP contribution in [-0.4, -0.2) is 25.5 Å². The van der Waals surface area contributed by atoms with Crippen LogP contribution in [0, 0.1) is 0 Å². The van der Waals surface area contributed by atoms with Crippen molar-refractivity contribution in [1.29, 1.82) is 0 Å². The fraction of sp³-hybridized carbons (Fsp3) is 0.235. The Bertz CT molecular complexity index is 841. The summed E-state index contributed by atoms with van der Waals surface area (Å²) in [6.45, 7) is 3.28. The predicted molar refractivity (Wildman–Crippen MR) is 93.4 cm³/mol. The highest BCUT2D eigenvalue weighted by Gasteiger charge is 2.13. The fourth-order valence-electron chi connectivity index (χ4n) is 2.35. The number of hydrogen-bond acceptors (Lipinski definition) is 4. The smallest absolute Gasteiger partial charge is 0.270 e. The molecule has 0 radical (unpaired) electrons. The topological polar surface area (TPSA) is 74.0 Å². The van der Waals surface area contributed by atoms with Crippen LogP contribution in [0.2, 0.25) is 5.02 Å². The number of ether oxygens (including phenoxy) is 1. The van der Waals surface area contributed by atoms with Crippen LogP contribution in [0.15, 0.2) is 48.8 Å². The van der Waals surface area contributed by atoms with Crippen molar-refractivity contribution in [3.63, 3.8) is 0 Å². The molecule has 2 heterocycles. The molecule has 1 amide bonds. The number of aryl methyl sites for hydroxylation is 1. The summed E-state index contributed by atoms with van der Waals surface area (Å²) < 4.78 is 8.97. The monoisotopic (exact) mass is 359 g/mol. The molecule has 0 fully saturated rings. The van der Waals surface area contributed by atoms with Crippen LogP contribution in [0.4, 0.5) is 0 Å². The summed E-state index contributed by atoms with van der Waals surface area (Å²) in [6.07, 6.45) is 3.28. The minimum absolute atomic E-state index is 0.129. The summed E-state index contributed by atoms with van der Waals surface area (Å²) in [5, 5.41) is 11.8. The molecular weight excluding hydrogens is 342 g/mol. The Labute approximate surface area is 150 Å². The van der Waals surface area contributed by atoms with Crippen molar-refractivity contribution in [2.24, 2.45) is 0 Å². The van der Waals surface area contributed by atoms with Gasteiger partial charge in [-0.15, -0.1) is 0 Å². The van der Waals surface area contributed by atoms with Crippen LogP contribution in [0.25, 0.3) is 0 Å². The second kappa shape index (κ2) is 7.85. The Hall–Kier alpha value is -2.80. The number of carbonyl (C=O) groups is 1. The molecular formula is C17H18ClN5O2. The highest BCUT2D eigenvalue weighted by Crippen LogP contribution is 2.16. The van der Waals surface area contributed by atoms with Crippen LogP contribution in [0.5, 0.6) is 5.75 Å². The molecule has 8 heteroatoms. The zero-order valence-electron chi connectivity index (χ0n) is 13.7. The SMILES string of the molecule is CCn1nccc1CNC(=O)c1ccnn1COc1ccc(Cl)cc1. The third kappa shape index (κ3) is 4.19. The van der Waals surface area contributed by atoms with E-state index in [1.54, 1.807) is 42.7 Å². The minimum atomic E-state index is -0.221. The number of nitrogens with zero attached hydrogens (tertiary/aromatic N) is 4. The molecule has 3 rings (SSSR count). The molecule has 0 aliphatic rings. The van der Waals surface area contributed by atoms with Crippen LogP contribution in [0.3, 0.4) is 0 Å². The van der Waals surface area contributed by atoms with Crippen LogP contribution in [0.1, 0.15) is 23.1 Å². The molecule has 1 aromatic carbocycles. The molecule has 130 valence electrons. The second-order valence-electron chi connectivity index (χ2n) is 5.26. The number of rotatable bonds is 7. The number of benzene rings is 1. The highest BCUT2D eigenvalue weighted by molar-refractivity contribution is 6.30. The normalized spacial score (nSPS) is 10.6. The number of carbonyl (C=O) groups excluding carboxylic acids is 1. The maximum absolute atomic E-state index is 12.4. The van der Waals surface area contributed by atoms with Gasteiger partial charge >= 0.3 is 0 Å². The number of hydrogen-bond donors (Lipinski definition) is 1. The van der Waals surface area contributed by atoms with Gasteiger partial charge < -0.3 is 10.1 Å². The minimum Gasteiger partial charge on any atom is -0.471 e. The van der Waals surface area contributed by atoms with E-state index in [2.05, 4.69) is 15.5 Å². The summed E-state index contributed by atoms with van der Waals surface area (Å²) in [5.41, 5.74) is 1.37. The zero-order valence-corrected chi connectivity index (χ0v) is 14.5. The average Bonchev–Trinajstić information content (AvgIpc) is 3.28. The van der Waals surface area contributed by atoms with E-state index in [4.69, 9.17) is 16.3 Å². The molecule has 0 aliphatic carbocycles. The van der Waals surface area contributed by atoms with Gasteiger partial charge in [0.1, 0.15) is 11.4 Å². The number of amides is 1. The van der Waals surface area contributed by atoms with Crippen LogP contribution >= 0.6 is 11.6 Å². The van der Waals surface area contributed by atoms with E-state index in [1.807, 2.05) is 17.7 Å². The van der Waals surface area contributed by atoms with Gasteiger partial charge in [0.25, 0.3) is 5.91 Å². The number of halogens is 1. The summed E-state index contributed by atoms with van der Waals surface area (Å²) in [5.74, 6) is 0.430.